The van der Waals surface area contributed by atoms with E-state index in [0.29, 0.717) is 25.0 Å². The smallest absolute Gasteiger partial charge is 0.306 e. The third kappa shape index (κ3) is 4.71. The fraction of sp³-hybridized carbons (Fsp3) is 0.556. The van der Waals surface area contributed by atoms with Gasteiger partial charge < -0.3 is 15.2 Å². The Kier molecular flexibility index (Phi) is 5.29. The molecule has 1 aromatic rings. The highest BCUT2D eigenvalue weighted by Crippen LogP contribution is 2.31. The van der Waals surface area contributed by atoms with Crippen LogP contribution in [0.1, 0.15) is 45.6 Å². The van der Waals surface area contributed by atoms with Gasteiger partial charge in [-0.3, -0.25) is 9.59 Å². The first-order valence-corrected chi connectivity index (χ1v) is 8.02. The minimum absolute atomic E-state index is 0.0542. The number of amides is 1. The van der Waals surface area contributed by atoms with Crippen LogP contribution in [0.2, 0.25) is 0 Å². The van der Waals surface area contributed by atoms with E-state index in [2.05, 4.69) is 26.1 Å². The van der Waals surface area contributed by atoms with E-state index in [1.165, 1.54) is 0 Å². The average Bonchev–Trinajstić information content (AvgIpc) is 2.93. The Labute approximate surface area is 137 Å². The maximum atomic E-state index is 12.0. The first-order valence-electron chi connectivity index (χ1n) is 8.02. The summed E-state index contributed by atoms with van der Waals surface area (Å²) in [5, 5.41) is 11.9. The fourth-order valence-electron chi connectivity index (χ4n) is 2.96. The Hall–Kier alpha value is -2.04. The number of para-hydroxylation sites is 1. The molecule has 0 aliphatic heterocycles. The number of carboxylic acids is 1. The topological polar surface area (TPSA) is 75.6 Å². The molecule has 2 rings (SSSR count). The number of carbonyl (C=O) groups is 2. The Bertz CT molecular complexity index is 577. The van der Waals surface area contributed by atoms with Crippen LogP contribution in [0, 0.1) is 5.92 Å². The van der Waals surface area contributed by atoms with Gasteiger partial charge in [-0.15, -0.1) is 0 Å². The number of carboxylic acid groups (broad SMARTS) is 1. The third-order valence-corrected chi connectivity index (χ3v) is 4.20. The molecule has 0 unspecified atom stereocenters. The van der Waals surface area contributed by atoms with Gasteiger partial charge in [0.2, 0.25) is 0 Å². The maximum Gasteiger partial charge on any atom is 0.306 e. The Morgan fingerprint density at radius 1 is 1.26 bits per heavy atom. The first-order chi connectivity index (χ1) is 10.8. The van der Waals surface area contributed by atoms with E-state index in [1.807, 2.05) is 24.3 Å². The monoisotopic (exact) mass is 319 g/mol. The van der Waals surface area contributed by atoms with Gasteiger partial charge in [-0.1, -0.05) is 39.0 Å². The van der Waals surface area contributed by atoms with Gasteiger partial charge in [0.15, 0.2) is 6.61 Å². The molecular formula is C18H25NO4. The largest absolute Gasteiger partial charge is 0.483 e. The summed E-state index contributed by atoms with van der Waals surface area (Å²) in [6, 6.07) is 7.64. The summed E-state index contributed by atoms with van der Waals surface area (Å²) in [7, 11) is 0. The van der Waals surface area contributed by atoms with Crippen molar-refractivity contribution in [2.75, 3.05) is 6.61 Å². The van der Waals surface area contributed by atoms with Crippen molar-refractivity contribution in [3.8, 4) is 5.75 Å². The number of rotatable bonds is 5. The highest BCUT2D eigenvalue weighted by Gasteiger charge is 2.30. The summed E-state index contributed by atoms with van der Waals surface area (Å²) >= 11 is 0. The van der Waals surface area contributed by atoms with Crippen LogP contribution in [-0.2, 0) is 15.0 Å². The van der Waals surface area contributed by atoms with Crippen LogP contribution in [0.25, 0.3) is 0 Å². The number of benzene rings is 1. The van der Waals surface area contributed by atoms with Crippen LogP contribution in [0.4, 0.5) is 0 Å². The molecule has 23 heavy (non-hydrogen) atoms. The molecule has 0 heterocycles. The van der Waals surface area contributed by atoms with Crippen molar-refractivity contribution in [2.45, 2.75) is 51.5 Å². The second kappa shape index (κ2) is 7.02. The summed E-state index contributed by atoms with van der Waals surface area (Å²) < 4.78 is 5.68. The van der Waals surface area contributed by atoms with Gasteiger partial charge in [0.1, 0.15) is 5.75 Å². The van der Waals surface area contributed by atoms with Crippen LogP contribution in [0.15, 0.2) is 24.3 Å². The van der Waals surface area contributed by atoms with Gasteiger partial charge in [0, 0.05) is 6.04 Å². The van der Waals surface area contributed by atoms with Crippen molar-refractivity contribution in [3.63, 3.8) is 0 Å². The maximum absolute atomic E-state index is 12.0. The first kappa shape index (κ1) is 17.3. The Balaban J connectivity index is 1.87. The highest BCUT2D eigenvalue weighted by atomic mass is 16.5. The minimum Gasteiger partial charge on any atom is -0.483 e. The van der Waals surface area contributed by atoms with E-state index in [9.17, 15) is 9.59 Å². The second-order valence-corrected chi connectivity index (χ2v) is 7.15. The molecule has 1 aliphatic rings. The van der Waals surface area contributed by atoms with E-state index in [4.69, 9.17) is 9.84 Å². The predicted molar refractivity (Wildman–Crippen MR) is 87.5 cm³/mol. The van der Waals surface area contributed by atoms with Crippen LogP contribution in [0.3, 0.4) is 0 Å². The van der Waals surface area contributed by atoms with E-state index < -0.39 is 5.97 Å². The lowest BCUT2D eigenvalue weighted by Gasteiger charge is -2.22. The fourth-order valence-corrected chi connectivity index (χ4v) is 2.96. The van der Waals surface area contributed by atoms with E-state index in [1.54, 1.807) is 0 Å². The van der Waals surface area contributed by atoms with Gasteiger partial charge in [-0.05, 0) is 36.3 Å². The number of hydrogen-bond donors (Lipinski definition) is 2. The SMILES string of the molecule is CC(C)(C)c1ccccc1OCC(=O)N[C@H]1CC[C@@H](C(=O)O)C1. The van der Waals surface area contributed by atoms with E-state index >= 15 is 0 Å². The molecule has 1 aromatic carbocycles. The minimum atomic E-state index is -0.780. The number of nitrogens with one attached hydrogen (secondary N) is 1. The molecule has 0 spiro atoms. The summed E-state index contributed by atoms with van der Waals surface area (Å²) in [5.74, 6) is -0.616. The van der Waals surface area contributed by atoms with Crippen LogP contribution in [0.5, 0.6) is 5.75 Å². The van der Waals surface area contributed by atoms with Crippen molar-refractivity contribution < 1.29 is 19.4 Å². The molecule has 1 amide bonds. The number of aliphatic carboxylic acids is 1. The van der Waals surface area contributed by atoms with Gasteiger partial charge in [0.05, 0.1) is 5.92 Å². The van der Waals surface area contributed by atoms with Crippen molar-refractivity contribution >= 4 is 11.9 Å². The summed E-state index contributed by atoms with van der Waals surface area (Å²) in [6.45, 7) is 6.24. The van der Waals surface area contributed by atoms with E-state index in [-0.39, 0.29) is 29.9 Å². The van der Waals surface area contributed by atoms with Gasteiger partial charge >= 0.3 is 5.97 Å². The molecule has 2 N–H and O–H groups in total. The highest BCUT2D eigenvalue weighted by molar-refractivity contribution is 5.78. The van der Waals surface area contributed by atoms with Gasteiger partial charge in [-0.25, -0.2) is 0 Å². The quantitative estimate of drug-likeness (QED) is 0.875. The second-order valence-electron chi connectivity index (χ2n) is 7.15. The molecule has 5 nitrogen and oxygen atoms in total. The predicted octanol–water partition coefficient (Wildman–Crippen LogP) is 2.73. The van der Waals surface area contributed by atoms with Crippen LogP contribution in [-0.4, -0.2) is 29.6 Å². The molecule has 1 fully saturated rings. The number of carbonyl (C=O) groups excluding carboxylic acids is 1. The Morgan fingerprint density at radius 2 is 1.96 bits per heavy atom. The van der Waals surface area contributed by atoms with Crippen molar-refractivity contribution in [3.05, 3.63) is 29.8 Å². The lowest BCUT2D eigenvalue weighted by molar-refractivity contribution is -0.141. The van der Waals surface area contributed by atoms with Crippen molar-refractivity contribution in [1.82, 2.24) is 5.32 Å². The van der Waals surface area contributed by atoms with Crippen molar-refractivity contribution in [1.29, 1.82) is 0 Å². The Morgan fingerprint density at radius 3 is 2.57 bits per heavy atom. The standard InChI is InChI=1S/C18H25NO4/c1-18(2,3)14-6-4-5-7-15(14)23-11-16(20)19-13-9-8-12(10-13)17(21)22/h4-7,12-13H,8-11H2,1-3H3,(H,19,20)(H,21,22)/t12-,13+/m1/s1. The van der Waals surface area contributed by atoms with Crippen LogP contribution < -0.4 is 10.1 Å². The zero-order valence-corrected chi connectivity index (χ0v) is 14.0. The lowest BCUT2D eigenvalue weighted by Crippen LogP contribution is -2.36. The summed E-state index contributed by atoms with van der Waals surface area (Å²) in [6.07, 6.45) is 1.83. The lowest BCUT2D eigenvalue weighted by atomic mass is 9.86. The molecule has 0 bridgehead atoms. The molecule has 5 heteroatoms. The molecule has 0 aromatic heterocycles. The summed E-state index contributed by atoms with van der Waals surface area (Å²) in [5.41, 5.74) is 0.993. The molecular weight excluding hydrogens is 294 g/mol. The molecule has 0 radical (unpaired) electrons. The zero-order chi connectivity index (χ0) is 17.0. The van der Waals surface area contributed by atoms with Gasteiger partial charge in [-0.2, -0.15) is 0 Å². The molecule has 1 saturated carbocycles. The van der Waals surface area contributed by atoms with E-state index in [0.717, 1.165) is 5.56 Å². The number of ether oxygens (including phenoxy) is 1. The average molecular weight is 319 g/mol. The van der Waals surface area contributed by atoms with Gasteiger partial charge in [0.25, 0.3) is 5.91 Å². The zero-order valence-electron chi connectivity index (χ0n) is 14.0. The normalized spacial score (nSPS) is 21.0. The molecule has 1 aliphatic carbocycles. The van der Waals surface area contributed by atoms with Crippen molar-refractivity contribution in [2.24, 2.45) is 5.92 Å². The molecule has 126 valence electrons. The van der Waals surface area contributed by atoms with Crippen LogP contribution >= 0.6 is 0 Å². The third-order valence-electron chi connectivity index (χ3n) is 4.20. The molecule has 2 atom stereocenters. The summed E-state index contributed by atoms with van der Waals surface area (Å²) in [4.78, 5) is 23.0. The molecule has 0 saturated heterocycles. The number of hydrogen-bond acceptors (Lipinski definition) is 3.